The lowest BCUT2D eigenvalue weighted by molar-refractivity contribution is -0.137. The molecular formula is C15H18N4O3. The van der Waals surface area contributed by atoms with E-state index in [0.717, 1.165) is 5.69 Å². The van der Waals surface area contributed by atoms with Crippen LogP contribution < -0.4 is 5.32 Å². The van der Waals surface area contributed by atoms with E-state index < -0.39 is 11.5 Å². The number of hydrogen-bond acceptors (Lipinski definition) is 4. The zero-order chi connectivity index (χ0) is 16.2. The van der Waals surface area contributed by atoms with Crippen LogP contribution in [0.15, 0.2) is 36.9 Å². The minimum atomic E-state index is -0.879. The molecule has 7 nitrogen and oxygen atoms in total. The van der Waals surface area contributed by atoms with E-state index in [-0.39, 0.29) is 12.3 Å². The van der Waals surface area contributed by atoms with Crippen molar-refractivity contribution in [2.75, 3.05) is 0 Å². The second-order valence-electron chi connectivity index (χ2n) is 5.62. The summed E-state index contributed by atoms with van der Waals surface area (Å²) in [7, 11) is 0. The van der Waals surface area contributed by atoms with Crippen LogP contribution in [0.4, 0.5) is 0 Å². The maximum absolute atomic E-state index is 12.3. The van der Waals surface area contributed by atoms with Crippen molar-refractivity contribution < 1.29 is 14.7 Å². The smallest absolute Gasteiger partial charge is 0.303 e. The molecule has 0 aliphatic rings. The van der Waals surface area contributed by atoms with E-state index >= 15 is 0 Å². The molecule has 1 heterocycles. The Labute approximate surface area is 128 Å². The Bertz CT molecular complexity index is 665. The third-order valence-corrected chi connectivity index (χ3v) is 3.21. The SMILES string of the molecule is CC(C)(CCC(=O)O)NC(=O)c1cccc(-n2cncn2)c1. The van der Waals surface area contributed by atoms with Gasteiger partial charge in [-0.3, -0.25) is 9.59 Å². The molecule has 1 aromatic carbocycles. The predicted octanol–water partition coefficient (Wildman–Crippen LogP) is 1.64. The van der Waals surface area contributed by atoms with E-state index in [0.29, 0.717) is 12.0 Å². The number of carboxylic acids is 1. The normalized spacial score (nSPS) is 11.2. The molecule has 0 fully saturated rings. The van der Waals surface area contributed by atoms with Crippen LogP contribution in [0.3, 0.4) is 0 Å². The standard InChI is InChI=1S/C15H18N4O3/c1-15(2,7-6-13(20)21)18-14(22)11-4-3-5-12(8-11)19-10-16-9-17-19/h3-5,8-10H,6-7H2,1-2H3,(H,18,22)(H,20,21). The van der Waals surface area contributed by atoms with Gasteiger partial charge in [-0.15, -0.1) is 0 Å². The predicted molar refractivity (Wildman–Crippen MR) is 79.8 cm³/mol. The average molecular weight is 302 g/mol. The van der Waals surface area contributed by atoms with Crippen molar-refractivity contribution in [3.05, 3.63) is 42.5 Å². The Hall–Kier alpha value is -2.70. The molecule has 2 aromatic rings. The van der Waals surface area contributed by atoms with Crippen LogP contribution in [0.25, 0.3) is 5.69 Å². The van der Waals surface area contributed by atoms with Crippen molar-refractivity contribution in [1.29, 1.82) is 0 Å². The molecule has 0 aliphatic carbocycles. The molecule has 0 radical (unpaired) electrons. The number of aromatic nitrogens is 3. The number of carbonyl (C=O) groups excluding carboxylic acids is 1. The van der Waals surface area contributed by atoms with Crippen molar-refractivity contribution in [1.82, 2.24) is 20.1 Å². The van der Waals surface area contributed by atoms with Gasteiger partial charge in [-0.05, 0) is 38.5 Å². The van der Waals surface area contributed by atoms with Gasteiger partial charge >= 0.3 is 5.97 Å². The second kappa shape index (κ2) is 6.38. The second-order valence-corrected chi connectivity index (χ2v) is 5.62. The number of carboxylic acid groups (broad SMARTS) is 1. The molecule has 0 bridgehead atoms. The number of rotatable bonds is 6. The minimum absolute atomic E-state index is 0.00623. The van der Waals surface area contributed by atoms with Crippen LogP contribution in [0.5, 0.6) is 0 Å². The fraction of sp³-hybridized carbons (Fsp3) is 0.333. The van der Waals surface area contributed by atoms with Crippen LogP contribution in [0, 0.1) is 0 Å². The molecular weight excluding hydrogens is 284 g/mol. The number of amides is 1. The van der Waals surface area contributed by atoms with Crippen molar-refractivity contribution in [3.8, 4) is 5.69 Å². The molecule has 2 N–H and O–H groups in total. The van der Waals surface area contributed by atoms with E-state index in [2.05, 4.69) is 15.4 Å². The first-order chi connectivity index (χ1) is 10.4. The zero-order valence-corrected chi connectivity index (χ0v) is 12.5. The summed E-state index contributed by atoms with van der Waals surface area (Å²) in [6.45, 7) is 3.60. The first kappa shape index (κ1) is 15.7. The van der Waals surface area contributed by atoms with Crippen molar-refractivity contribution in [2.24, 2.45) is 0 Å². The third kappa shape index (κ3) is 4.15. The van der Waals surface area contributed by atoms with Gasteiger partial charge in [0.15, 0.2) is 0 Å². The van der Waals surface area contributed by atoms with Gasteiger partial charge in [0, 0.05) is 17.5 Å². The quantitative estimate of drug-likeness (QED) is 0.845. The monoisotopic (exact) mass is 302 g/mol. The highest BCUT2D eigenvalue weighted by Crippen LogP contribution is 2.14. The summed E-state index contributed by atoms with van der Waals surface area (Å²) >= 11 is 0. The number of nitrogens with zero attached hydrogens (tertiary/aromatic N) is 3. The molecule has 0 unspecified atom stereocenters. The zero-order valence-electron chi connectivity index (χ0n) is 12.5. The highest BCUT2D eigenvalue weighted by Gasteiger charge is 2.22. The number of carbonyl (C=O) groups is 2. The number of hydrogen-bond donors (Lipinski definition) is 2. The van der Waals surface area contributed by atoms with Gasteiger partial charge in [-0.2, -0.15) is 5.10 Å². The molecule has 22 heavy (non-hydrogen) atoms. The summed E-state index contributed by atoms with van der Waals surface area (Å²) < 4.78 is 1.56. The van der Waals surface area contributed by atoms with Crippen LogP contribution in [0.2, 0.25) is 0 Å². The Balaban J connectivity index is 2.09. The largest absolute Gasteiger partial charge is 0.481 e. The molecule has 1 aromatic heterocycles. The first-order valence-electron chi connectivity index (χ1n) is 6.87. The van der Waals surface area contributed by atoms with Crippen molar-refractivity contribution >= 4 is 11.9 Å². The van der Waals surface area contributed by atoms with Crippen molar-refractivity contribution in [3.63, 3.8) is 0 Å². The maximum atomic E-state index is 12.3. The highest BCUT2D eigenvalue weighted by molar-refractivity contribution is 5.95. The van der Waals surface area contributed by atoms with Gasteiger partial charge in [0.25, 0.3) is 5.91 Å². The Morgan fingerprint density at radius 3 is 2.77 bits per heavy atom. The highest BCUT2D eigenvalue weighted by atomic mass is 16.4. The fourth-order valence-corrected chi connectivity index (χ4v) is 1.99. The van der Waals surface area contributed by atoms with E-state index in [1.807, 2.05) is 6.07 Å². The Morgan fingerprint density at radius 1 is 1.36 bits per heavy atom. The molecule has 1 amide bonds. The Kier molecular flexibility index (Phi) is 4.55. The first-order valence-corrected chi connectivity index (χ1v) is 6.87. The van der Waals surface area contributed by atoms with E-state index in [4.69, 9.17) is 5.11 Å². The number of aliphatic carboxylic acids is 1. The van der Waals surface area contributed by atoms with Crippen LogP contribution in [0.1, 0.15) is 37.0 Å². The molecule has 0 aliphatic heterocycles. The third-order valence-electron chi connectivity index (χ3n) is 3.21. The van der Waals surface area contributed by atoms with Crippen molar-refractivity contribution in [2.45, 2.75) is 32.2 Å². The average Bonchev–Trinajstić information content (AvgIpc) is 2.99. The number of nitrogens with one attached hydrogen (secondary N) is 1. The van der Waals surface area contributed by atoms with E-state index in [1.165, 1.54) is 6.33 Å². The molecule has 0 atom stereocenters. The molecule has 0 saturated carbocycles. The lowest BCUT2D eigenvalue weighted by Crippen LogP contribution is -2.43. The maximum Gasteiger partial charge on any atom is 0.303 e. The molecule has 2 rings (SSSR count). The summed E-state index contributed by atoms with van der Waals surface area (Å²) in [5, 5.41) is 15.6. The summed E-state index contributed by atoms with van der Waals surface area (Å²) in [6, 6.07) is 6.98. The van der Waals surface area contributed by atoms with Crippen LogP contribution >= 0.6 is 0 Å². The van der Waals surface area contributed by atoms with Gasteiger partial charge < -0.3 is 10.4 Å². The number of benzene rings is 1. The minimum Gasteiger partial charge on any atom is -0.481 e. The van der Waals surface area contributed by atoms with E-state index in [9.17, 15) is 9.59 Å². The lowest BCUT2D eigenvalue weighted by atomic mass is 9.97. The summed E-state index contributed by atoms with van der Waals surface area (Å²) in [4.78, 5) is 26.8. The molecule has 7 heteroatoms. The fourth-order valence-electron chi connectivity index (χ4n) is 1.99. The van der Waals surface area contributed by atoms with Gasteiger partial charge in [-0.1, -0.05) is 6.07 Å². The molecule has 0 saturated heterocycles. The lowest BCUT2D eigenvalue weighted by Gasteiger charge is -2.25. The summed E-state index contributed by atoms with van der Waals surface area (Å²) in [6.07, 6.45) is 3.33. The van der Waals surface area contributed by atoms with Crippen LogP contribution in [-0.2, 0) is 4.79 Å². The summed E-state index contributed by atoms with van der Waals surface area (Å²) in [5.74, 6) is -1.13. The Morgan fingerprint density at radius 2 is 2.14 bits per heavy atom. The molecule has 116 valence electrons. The van der Waals surface area contributed by atoms with E-state index in [1.54, 1.807) is 43.1 Å². The van der Waals surface area contributed by atoms with Gasteiger partial charge in [0.1, 0.15) is 12.7 Å². The molecule has 0 spiro atoms. The van der Waals surface area contributed by atoms with Gasteiger partial charge in [0.05, 0.1) is 5.69 Å². The topological polar surface area (TPSA) is 97.1 Å². The van der Waals surface area contributed by atoms with Crippen LogP contribution in [-0.4, -0.2) is 37.3 Å². The summed E-state index contributed by atoms with van der Waals surface area (Å²) in [5.41, 5.74) is 0.614. The van der Waals surface area contributed by atoms with Gasteiger partial charge in [-0.25, -0.2) is 9.67 Å². The van der Waals surface area contributed by atoms with Gasteiger partial charge in [0.2, 0.25) is 0 Å².